The van der Waals surface area contributed by atoms with Gasteiger partial charge in [0.15, 0.2) is 0 Å². The molecule has 1 aromatic carbocycles. The number of hydrogen-bond acceptors (Lipinski definition) is 1. The van der Waals surface area contributed by atoms with Crippen LogP contribution in [-0.4, -0.2) is 5.91 Å². The Morgan fingerprint density at radius 1 is 0.818 bits per heavy atom. The molecule has 0 atom stereocenters. The van der Waals surface area contributed by atoms with Crippen molar-refractivity contribution in [2.24, 2.45) is 17.6 Å². The Morgan fingerprint density at radius 2 is 1.27 bits per heavy atom. The maximum Gasteiger partial charge on any atom is 0.228 e. The number of carbonyl (C=O) groups excluding carboxylic acids is 1. The summed E-state index contributed by atoms with van der Waals surface area (Å²) in [5.41, 5.74) is 6.88. The van der Waals surface area contributed by atoms with Crippen molar-refractivity contribution < 1.29 is 4.79 Å². The highest BCUT2D eigenvalue weighted by Gasteiger charge is 2.51. The highest BCUT2D eigenvalue weighted by molar-refractivity contribution is 5.87. The Kier molecular flexibility index (Phi) is 4.85. The third-order valence-corrected chi connectivity index (χ3v) is 6.16. The van der Waals surface area contributed by atoms with Gasteiger partial charge in [0.05, 0.1) is 5.41 Å². The number of benzene rings is 1. The number of amides is 1. The lowest BCUT2D eigenvalue weighted by atomic mass is 9.55. The van der Waals surface area contributed by atoms with E-state index in [9.17, 15) is 4.79 Å². The van der Waals surface area contributed by atoms with Crippen molar-refractivity contribution >= 4 is 5.91 Å². The van der Waals surface area contributed by atoms with Crippen LogP contribution in [0.1, 0.15) is 69.8 Å². The fourth-order valence-corrected chi connectivity index (χ4v) is 5.18. The first-order chi connectivity index (χ1) is 10.8. The summed E-state index contributed by atoms with van der Waals surface area (Å²) in [7, 11) is 0. The minimum absolute atomic E-state index is 0.0718. The predicted octanol–water partition coefficient (Wildman–Crippen LogP) is 4.57. The molecule has 0 heterocycles. The van der Waals surface area contributed by atoms with E-state index in [0.717, 1.165) is 25.7 Å². The Hall–Kier alpha value is -1.31. The predicted molar refractivity (Wildman–Crippen MR) is 90.5 cm³/mol. The zero-order valence-electron chi connectivity index (χ0n) is 13.6. The molecule has 2 nitrogen and oxygen atoms in total. The van der Waals surface area contributed by atoms with Gasteiger partial charge in [-0.25, -0.2) is 0 Å². The highest BCUT2D eigenvalue weighted by atomic mass is 16.1. The van der Waals surface area contributed by atoms with Gasteiger partial charge in [0.2, 0.25) is 5.91 Å². The number of carbonyl (C=O) groups is 1. The second-order valence-electron chi connectivity index (χ2n) is 7.27. The summed E-state index contributed by atoms with van der Waals surface area (Å²) in [5, 5.41) is 0. The van der Waals surface area contributed by atoms with Crippen LogP contribution in [0.4, 0.5) is 0 Å². The van der Waals surface area contributed by atoms with Crippen LogP contribution in [0, 0.1) is 11.8 Å². The lowest BCUT2D eigenvalue weighted by Crippen LogP contribution is -2.53. The molecule has 0 radical (unpaired) electrons. The topological polar surface area (TPSA) is 43.1 Å². The van der Waals surface area contributed by atoms with Gasteiger partial charge in [-0.2, -0.15) is 0 Å². The molecular weight excluding hydrogens is 270 g/mol. The Morgan fingerprint density at radius 3 is 1.68 bits per heavy atom. The molecule has 0 aliphatic heterocycles. The summed E-state index contributed by atoms with van der Waals surface area (Å²) in [6.07, 6.45) is 12.3. The minimum Gasteiger partial charge on any atom is -0.369 e. The summed E-state index contributed by atoms with van der Waals surface area (Å²) in [4.78, 5) is 12.8. The minimum atomic E-state index is -0.428. The fraction of sp³-hybridized carbons (Fsp3) is 0.650. The monoisotopic (exact) mass is 299 g/mol. The number of primary amides is 1. The molecule has 22 heavy (non-hydrogen) atoms. The lowest BCUT2D eigenvalue weighted by Gasteiger charge is -2.47. The third kappa shape index (κ3) is 2.68. The maximum absolute atomic E-state index is 12.8. The molecule has 0 unspecified atom stereocenters. The summed E-state index contributed by atoms with van der Waals surface area (Å²) in [5.74, 6) is 0.797. The van der Waals surface area contributed by atoms with E-state index in [1.165, 1.54) is 44.1 Å². The molecule has 1 aromatic rings. The Bertz CT molecular complexity index is 466. The van der Waals surface area contributed by atoms with E-state index in [1.54, 1.807) is 0 Å². The van der Waals surface area contributed by atoms with Gasteiger partial charge in [0.1, 0.15) is 0 Å². The van der Waals surface area contributed by atoms with Crippen molar-refractivity contribution in [3.63, 3.8) is 0 Å². The molecule has 2 heteroatoms. The fourth-order valence-electron chi connectivity index (χ4n) is 5.18. The largest absolute Gasteiger partial charge is 0.369 e. The van der Waals surface area contributed by atoms with Gasteiger partial charge >= 0.3 is 0 Å². The molecule has 0 aromatic heterocycles. The first-order valence-corrected chi connectivity index (χ1v) is 9.11. The Labute approximate surface area is 134 Å². The van der Waals surface area contributed by atoms with Gasteiger partial charge in [0.25, 0.3) is 0 Å². The first-order valence-electron chi connectivity index (χ1n) is 9.11. The first kappa shape index (κ1) is 15.6. The maximum atomic E-state index is 12.8. The molecule has 3 rings (SSSR count). The summed E-state index contributed by atoms with van der Waals surface area (Å²) in [6, 6.07) is 10.5. The van der Waals surface area contributed by atoms with Gasteiger partial charge in [-0.3, -0.25) is 4.79 Å². The SMILES string of the molecule is NC(=O)C(c1ccccc1)(C1CCCCC1)C1CCCCC1. The molecule has 120 valence electrons. The molecule has 2 fully saturated rings. The van der Waals surface area contributed by atoms with Gasteiger partial charge in [-0.15, -0.1) is 0 Å². The average Bonchev–Trinajstić information content (AvgIpc) is 2.58. The summed E-state index contributed by atoms with van der Waals surface area (Å²) < 4.78 is 0. The molecule has 2 aliphatic rings. The molecular formula is C20H29NO. The summed E-state index contributed by atoms with van der Waals surface area (Å²) >= 11 is 0. The van der Waals surface area contributed by atoms with E-state index >= 15 is 0 Å². The van der Waals surface area contributed by atoms with Gasteiger partial charge < -0.3 is 5.73 Å². The van der Waals surface area contributed by atoms with Crippen LogP contribution < -0.4 is 5.73 Å². The van der Waals surface area contributed by atoms with E-state index in [-0.39, 0.29) is 5.91 Å². The van der Waals surface area contributed by atoms with Crippen molar-refractivity contribution in [3.8, 4) is 0 Å². The third-order valence-electron chi connectivity index (χ3n) is 6.16. The van der Waals surface area contributed by atoms with E-state index in [4.69, 9.17) is 5.73 Å². The number of hydrogen-bond donors (Lipinski definition) is 1. The van der Waals surface area contributed by atoms with Crippen LogP contribution in [0.25, 0.3) is 0 Å². The second kappa shape index (κ2) is 6.85. The zero-order valence-corrected chi connectivity index (χ0v) is 13.6. The van der Waals surface area contributed by atoms with Crippen molar-refractivity contribution in [1.29, 1.82) is 0 Å². The highest BCUT2D eigenvalue weighted by Crippen LogP contribution is 2.50. The molecule has 2 aliphatic carbocycles. The van der Waals surface area contributed by atoms with E-state index in [2.05, 4.69) is 24.3 Å². The van der Waals surface area contributed by atoms with Crippen LogP contribution in [-0.2, 0) is 10.2 Å². The van der Waals surface area contributed by atoms with E-state index in [0.29, 0.717) is 11.8 Å². The van der Waals surface area contributed by atoms with Gasteiger partial charge in [-0.05, 0) is 43.1 Å². The van der Waals surface area contributed by atoms with Crippen molar-refractivity contribution in [2.75, 3.05) is 0 Å². The quantitative estimate of drug-likeness (QED) is 0.869. The smallest absolute Gasteiger partial charge is 0.228 e. The Balaban J connectivity index is 2.06. The van der Waals surface area contributed by atoms with Crippen molar-refractivity contribution in [2.45, 2.75) is 69.6 Å². The van der Waals surface area contributed by atoms with Crippen LogP contribution >= 0.6 is 0 Å². The van der Waals surface area contributed by atoms with Crippen LogP contribution in [0.5, 0.6) is 0 Å². The average molecular weight is 299 g/mol. The molecule has 2 saturated carbocycles. The van der Waals surface area contributed by atoms with Crippen LogP contribution in [0.3, 0.4) is 0 Å². The number of rotatable bonds is 4. The molecule has 2 N–H and O–H groups in total. The molecule has 0 saturated heterocycles. The lowest BCUT2D eigenvalue weighted by molar-refractivity contribution is -0.129. The normalized spacial score (nSPS) is 21.6. The number of nitrogens with two attached hydrogens (primary N) is 1. The molecule has 0 bridgehead atoms. The van der Waals surface area contributed by atoms with Crippen LogP contribution in [0.15, 0.2) is 30.3 Å². The van der Waals surface area contributed by atoms with Crippen molar-refractivity contribution in [1.82, 2.24) is 0 Å². The van der Waals surface area contributed by atoms with Gasteiger partial charge in [0, 0.05) is 0 Å². The summed E-state index contributed by atoms with van der Waals surface area (Å²) in [6.45, 7) is 0. The van der Waals surface area contributed by atoms with E-state index < -0.39 is 5.41 Å². The standard InChI is InChI=1S/C20H29NO/c21-19(22)20(16-10-4-1-5-11-16,17-12-6-2-7-13-17)18-14-8-3-9-15-18/h1,4-5,10-11,17-18H,2-3,6-9,12-15H2,(H2,21,22). The zero-order chi connectivity index (χ0) is 15.4. The van der Waals surface area contributed by atoms with E-state index in [1.807, 2.05) is 6.07 Å². The van der Waals surface area contributed by atoms with Gasteiger partial charge in [-0.1, -0.05) is 68.9 Å². The van der Waals surface area contributed by atoms with Crippen molar-refractivity contribution in [3.05, 3.63) is 35.9 Å². The second-order valence-corrected chi connectivity index (χ2v) is 7.27. The van der Waals surface area contributed by atoms with Crippen LogP contribution in [0.2, 0.25) is 0 Å². The molecule has 0 spiro atoms. The molecule has 1 amide bonds.